The lowest BCUT2D eigenvalue weighted by atomic mass is 9.70. The fourth-order valence-electron chi connectivity index (χ4n) is 9.74. The predicted molar refractivity (Wildman–Crippen MR) is 241 cm³/mol. The van der Waals surface area contributed by atoms with Gasteiger partial charge < -0.3 is 0 Å². The fourth-order valence-corrected chi connectivity index (χ4v) is 11.0. The Morgan fingerprint density at radius 2 is 0.914 bits per heavy atom. The van der Waals surface area contributed by atoms with Crippen LogP contribution in [0.3, 0.4) is 0 Å². The Morgan fingerprint density at radius 3 is 1.72 bits per heavy atom. The Balaban J connectivity index is 1.10. The van der Waals surface area contributed by atoms with Crippen LogP contribution in [0.5, 0.6) is 0 Å². The molecule has 2 aromatic heterocycles. The molecule has 12 rings (SSSR count). The van der Waals surface area contributed by atoms with Crippen LogP contribution in [-0.2, 0) is 5.41 Å². The molecule has 0 fully saturated rings. The Hall–Kier alpha value is -7.20. The summed E-state index contributed by atoms with van der Waals surface area (Å²) in [5.41, 5.74) is 18.5. The lowest BCUT2D eigenvalue weighted by Gasteiger charge is -2.30. The smallest absolute Gasteiger partial charge is 0.160 e. The molecule has 0 saturated heterocycles. The van der Waals surface area contributed by atoms with Crippen molar-refractivity contribution in [3.8, 4) is 77.7 Å². The van der Waals surface area contributed by atoms with Crippen LogP contribution in [-0.4, -0.2) is 9.97 Å². The first-order valence-electron chi connectivity index (χ1n) is 19.8. The van der Waals surface area contributed by atoms with Crippen molar-refractivity contribution in [1.29, 1.82) is 0 Å². The number of nitrogens with zero attached hydrogens (tertiary/aromatic N) is 2. The standard InChI is InChI=1S/C55H34N2S/c1-3-17-35(18-4-1)37-21-15-22-38(33-37)48-34-49(57-54(56-48)36-19-5-2-6-20-36)40-24-8-7-23-39(40)41-28-16-31-47-51(41)42-25-9-12-29-45(42)55(47)46-30-13-10-26-43(46)53-52(55)44-27-11-14-32-50(44)58-53/h1-34H. The van der Waals surface area contributed by atoms with Gasteiger partial charge in [0.05, 0.1) is 16.8 Å². The summed E-state index contributed by atoms with van der Waals surface area (Å²) in [6.45, 7) is 0. The second-order valence-corrected chi connectivity index (χ2v) is 16.2. The number of hydrogen-bond acceptors (Lipinski definition) is 3. The summed E-state index contributed by atoms with van der Waals surface area (Å²) in [7, 11) is 0. The SMILES string of the molecule is c1ccc(-c2cccc(-c3cc(-c4ccccc4-c4cccc5c4-c4ccccc4C54c5ccccc5-c5sc6ccccc6c54)nc(-c4ccccc4)n3)c2)cc1. The molecule has 2 aliphatic carbocycles. The summed E-state index contributed by atoms with van der Waals surface area (Å²) < 4.78 is 1.33. The van der Waals surface area contributed by atoms with E-state index in [1.54, 1.807) is 0 Å². The van der Waals surface area contributed by atoms with E-state index in [2.05, 4.69) is 200 Å². The third-order valence-corrected chi connectivity index (χ3v) is 13.3. The normalized spacial score (nSPS) is 14.6. The molecule has 2 nitrogen and oxygen atoms in total. The highest BCUT2D eigenvalue weighted by molar-refractivity contribution is 7.22. The first-order valence-corrected chi connectivity index (χ1v) is 20.6. The summed E-state index contributed by atoms with van der Waals surface area (Å²) in [4.78, 5) is 12.0. The van der Waals surface area contributed by atoms with Gasteiger partial charge >= 0.3 is 0 Å². The fraction of sp³-hybridized carbons (Fsp3) is 0.0182. The van der Waals surface area contributed by atoms with E-state index in [1.165, 1.54) is 65.0 Å². The zero-order valence-corrected chi connectivity index (χ0v) is 32.2. The van der Waals surface area contributed by atoms with Gasteiger partial charge in [0.1, 0.15) is 0 Å². The highest BCUT2D eigenvalue weighted by Crippen LogP contribution is 2.67. The molecule has 2 heterocycles. The molecule has 0 amide bonds. The van der Waals surface area contributed by atoms with Crippen molar-refractivity contribution in [2.24, 2.45) is 0 Å². The maximum Gasteiger partial charge on any atom is 0.160 e. The van der Waals surface area contributed by atoms with Gasteiger partial charge in [-0.1, -0.05) is 188 Å². The number of benzene rings is 8. The zero-order chi connectivity index (χ0) is 38.2. The Morgan fingerprint density at radius 1 is 0.362 bits per heavy atom. The van der Waals surface area contributed by atoms with Crippen LogP contribution >= 0.6 is 11.3 Å². The first kappa shape index (κ1) is 33.0. The summed E-state index contributed by atoms with van der Waals surface area (Å²) in [5.74, 6) is 0.704. The monoisotopic (exact) mass is 754 g/mol. The van der Waals surface area contributed by atoms with Crippen LogP contribution in [0.1, 0.15) is 22.3 Å². The number of hydrogen-bond donors (Lipinski definition) is 0. The summed E-state index contributed by atoms with van der Waals surface area (Å²) in [6.07, 6.45) is 0. The summed E-state index contributed by atoms with van der Waals surface area (Å²) in [6, 6.07) is 74.7. The van der Waals surface area contributed by atoms with Crippen LogP contribution in [0.15, 0.2) is 206 Å². The Kier molecular flexibility index (Phi) is 7.35. The van der Waals surface area contributed by atoms with Gasteiger partial charge in [0.2, 0.25) is 0 Å². The molecule has 1 unspecified atom stereocenters. The van der Waals surface area contributed by atoms with E-state index >= 15 is 0 Å². The lowest BCUT2D eigenvalue weighted by Crippen LogP contribution is -2.25. The van der Waals surface area contributed by atoms with Gasteiger partial charge in [0.25, 0.3) is 0 Å². The van der Waals surface area contributed by atoms with E-state index in [-0.39, 0.29) is 0 Å². The third kappa shape index (κ3) is 4.78. The molecule has 1 spiro atoms. The number of fused-ring (bicyclic) bond motifs is 12. The minimum atomic E-state index is -0.436. The second-order valence-electron chi connectivity index (χ2n) is 15.2. The molecule has 2 aliphatic rings. The van der Waals surface area contributed by atoms with Gasteiger partial charge in [-0.15, -0.1) is 11.3 Å². The Labute approximate surface area is 341 Å². The summed E-state index contributed by atoms with van der Waals surface area (Å²) >= 11 is 1.92. The second kappa shape index (κ2) is 12.9. The molecule has 8 aromatic carbocycles. The highest BCUT2D eigenvalue weighted by Gasteiger charge is 2.53. The van der Waals surface area contributed by atoms with Gasteiger partial charge in [0.15, 0.2) is 5.82 Å². The molecule has 3 heteroatoms. The number of thiophene rings is 1. The van der Waals surface area contributed by atoms with Crippen molar-refractivity contribution in [2.75, 3.05) is 0 Å². The van der Waals surface area contributed by atoms with Gasteiger partial charge in [-0.3, -0.25) is 0 Å². The zero-order valence-electron chi connectivity index (χ0n) is 31.4. The molecule has 0 aliphatic heterocycles. The highest BCUT2D eigenvalue weighted by atomic mass is 32.1. The largest absolute Gasteiger partial charge is 0.228 e. The van der Waals surface area contributed by atoms with Crippen molar-refractivity contribution >= 4 is 21.4 Å². The van der Waals surface area contributed by atoms with Crippen molar-refractivity contribution in [2.45, 2.75) is 5.41 Å². The van der Waals surface area contributed by atoms with Crippen LogP contribution < -0.4 is 0 Å². The molecule has 0 bridgehead atoms. The average molecular weight is 755 g/mol. The molecule has 0 radical (unpaired) electrons. The lowest BCUT2D eigenvalue weighted by molar-refractivity contribution is 0.803. The van der Waals surface area contributed by atoms with E-state index in [0.717, 1.165) is 39.2 Å². The van der Waals surface area contributed by atoms with Crippen LogP contribution in [0, 0.1) is 0 Å². The minimum Gasteiger partial charge on any atom is -0.228 e. The molecular weight excluding hydrogens is 721 g/mol. The van der Waals surface area contributed by atoms with Gasteiger partial charge in [-0.2, -0.15) is 0 Å². The van der Waals surface area contributed by atoms with E-state index in [4.69, 9.17) is 9.97 Å². The predicted octanol–water partition coefficient (Wildman–Crippen LogP) is 14.4. The van der Waals surface area contributed by atoms with Gasteiger partial charge in [-0.05, 0) is 84.8 Å². The van der Waals surface area contributed by atoms with E-state index in [9.17, 15) is 0 Å². The molecule has 58 heavy (non-hydrogen) atoms. The van der Waals surface area contributed by atoms with Crippen LogP contribution in [0.4, 0.5) is 0 Å². The van der Waals surface area contributed by atoms with Crippen LogP contribution in [0.2, 0.25) is 0 Å². The average Bonchev–Trinajstić information content (AvgIpc) is 3.93. The molecular formula is C55H34N2S. The molecule has 0 N–H and O–H groups in total. The molecule has 10 aromatic rings. The maximum absolute atomic E-state index is 5.35. The minimum absolute atomic E-state index is 0.436. The number of aromatic nitrogens is 2. The molecule has 270 valence electrons. The topological polar surface area (TPSA) is 25.8 Å². The van der Waals surface area contributed by atoms with Crippen molar-refractivity contribution in [3.63, 3.8) is 0 Å². The quantitative estimate of drug-likeness (QED) is 0.175. The third-order valence-electron chi connectivity index (χ3n) is 12.1. The van der Waals surface area contributed by atoms with Gasteiger partial charge in [0, 0.05) is 26.3 Å². The Bertz CT molecular complexity index is 3240. The molecule has 1 atom stereocenters. The van der Waals surface area contributed by atoms with Crippen molar-refractivity contribution in [1.82, 2.24) is 9.97 Å². The molecule has 0 saturated carbocycles. The van der Waals surface area contributed by atoms with E-state index in [0.29, 0.717) is 5.82 Å². The summed E-state index contributed by atoms with van der Waals surface area (Å²) in [5, 5.41) is 1.34. The van der Waals surface area contributed by atoms with Gasteiger partial charge in [-0.25, -0.2) is 9.97 Å². The van der Waals surface area contributed by atoms with E-state index in [1.807, 2.05) is 17.4 Å². The maximum atomic E-state index is 5.35. The number of rotatable bonds is 5. The van der Waals surface area contributed by atoms with Crippen molar-refractivity contribution < 1.29 is 0 Å². The van der Waals surface area contributed by atoms with Crippen LogP contribution in [0.25, 0.3) is 87.8 Å². The first-order chi connectivity index (χ1) is 28.8. The van der Waals surface area contributed by atoms with Crippen molar-refractivity contribution in [3.05, 3.63) is 229 Å². The van der Waals surface area contributed by atoms with E-state index < -0.39 is 5.41 Å².